The Balaban J connectivity index is 1.56. The first-order valence-corrected chi connectivity index (χ1v) is 9.77. The smallest absolute Gasteiger partial charge is 0.236 e. The summed E-state index contributed by atoms with van der Waals surface area (Å²) in [6.45, 7) is 8.50. The summed E-state index contributed by atoms with van der Waals surface area (Å²) in [5.41, 5.74) is -0.392. The maximum Gasteiger partial charge on any atom is 0.236 e. The second-order valence-electron chi connectivity index (χ2n) is 8.65. The van der Waals surface area contributed by atoms with Crippen LogP contribution in [-0.2, 0) is 9.59 Å². The summed E-state index contributed by atoms with van der Waals surface area (Å²) in [6.07, 6.45) is 6.39. The van der Waals surface area contributed by atoms with E-state index in [4.69, 9.17) is 0 Å². The van der Waals surface area contributed by atoms with Gasteiger partial charge in [0.25, 0.3) is 0 Å². The Hall–Kier alpha value is -1.14. The molecule has 1 spiro atoms. The largest absolute Gasteiger partial charge is 0.394 e. The minimum Gasteiger partial charge on any atom is -0.394 e. The number of carbonyl (C=O) groups excluding carboxylic acids is 2. The maximum atomic E-state index is 12.6. The molecule has 3 heterocycles. The number of aliphatic hydroxyl groups excluding tert-OH is 1. The highest BCUT2D eigenvalue weighted by Gasteiger charge is 2.52. The van der Waals surface area contributed by atoms with Crippen LogP contribution in [0.25, 0.3) is 0 Å². The summed E-state index contributed by atoms with van der Waals surface area (Å²) in [7, 11) is 0. The molecular formula is C19H33N3O3. The number of aliphatic hydroxyl groups is 1. The van der Waals surface area contributed by atoms with Crippen LogP contribution in [0.5, 0.6) is 0 Å². The SMILES string of the molecule is CC(=O)N1CC2(CCN(C(=O)CN3CCCCC3)CC2)CC1(C)CO. The summed E-state index contributed by atoms with van der Waals surface area (Å²) in [4.78, 5) is 30.7. The third kappa shape index (κ3) is 3.85. The number of amides is 2. The fourth-order valence-electron chi connectivity index (χ4n) is 5.09. The molecule has 3 fully saturated rings. The van der Waals surface area contributed by atoms with Crippen molar-refractivity contribution < 1.29 is 14.7 Å². The lowest BCUT2D eigenvalue weighted by atomic mass is 9.74. The van der Waals surface area contributed by atoms with Crippen LogP contribution in [0, 0.1) is 5.41 Å². The highest BCUT2D eigenvalue weighted by molar-refractivity contribution is 5.78. The standard InChI is InChI=1S/C19H33N3O3/c1-16(24)22-14-19(13-18(22,2)15-23)6-10-21(11-7-19)17(25)12-20-8-4-3-5-9-20/h23H,3-15H2,1-2H3. The van der Waals surface area contributed by atoms with Gasteiger partial charge in [-0.3, -0.25) is 14.5 Å². The van der Waals surface area contributed by atoms with Crippen molar-refractivity contribution in [2.75, 3.05) is 45.9 Å². The number of hydrogen-bond acceptors (Lipinski definition) is 4. The van der Waals surface area contributed by atoms with Gasteiger partial charge >= 0.3 is 0 Å². The van der Waals surface area contributed by atoms with E-state index in [-0.39, 0.29) is 23.8 Å². The molecule has 0 aromatic rings. The van der Waals surface area contributed by atoms with Gasteiger partial charge in [0.05, 0.1) is 18.7 Å². The number of likely N-dealkylation sites (tertiary alicyclic amines) is 3. The lowest BCUT2D eigenvalue weighted by molar-refractivity contribution is -0.136. The molecule has 3 aliphatic heterocycles. The van der Waals surface area contributed by atoms with Gasteiger partial charge in [-0.15, -0.1) is 0 Å². The van der Waals surface area contributed by atoms with Gasteiger partial charge in [-0.25, -0.2) is 0 Å². The molecule has 1 N–H and O–H groups in total. The van der Waals surface area contributed by atoms with Gasteiger partial charge < -0.3 is 14.9 Å². The van der Waals surface area contributed by atoms with Crippen LogP contribution in [0.4, 0.5) is 0 Å². The summed E-state index contributed by atoms with van der Waals surface area (Å²) in [5, 5.41) is 9.82. The molecule has 0 aliphatic carbocycles. The number of nitrogens with zero attached hydrogens (tertiary/aromatic N) is 3. The Morgan fingerprint density at radius 2 is 1.68 bits per heavy atom. The summed E-state index contributed by atoms with van der Waals surface area (Å²) in [6, 6.07) is 0. The molecule has 0 saturated carbocycles. The molecule has 0 aromatic carbocycles. The van der Waals surface area contributed by atoms with Crippen molar-refractivity contribution in [3.05, 3.63) is 0 Å². The predicted molar refractivity (Wildman–Crippen MR) is 96.0 cm³/mol. The summed E-state index contributed by atoms with van der Waals surface area (Å²) in [5.74, 6) is 0.292. The van der Waals surface area contributed by atoms with Gasteiger partial charge in [0, 0.05) is 26.6 Å². The average molecular weight is 351 g/mol. The third-order valence-electron chi connectivity index (χ3n) is 6.61. The number of hydrogen-bond donors (Lipinski definition) is 1. The second-order valence-corrected chi connectivity index (χ2v) is 8.65. The van der Waals surface area contributed by atoms with Gasteiger partial charge in [-0.2, -0.15) is 0 Å². The van der Waals surface area contributed by atoms with Crippen LogP contribution in [0.1, 0.15) is 52.4 Å². The average Bonchev–Trinajstić information content (AvgIpc) is 2.90. The van der Waals surface area contributed by atoms with Gasteiger partial charge in [0.1, 0.15) is 0 Å². The molecule has 3 saturated heterocycles. The second kappa shape index (κ2) is 7.23. The Bertz CT molecular complexity index is 510. The molecule has 0 aromatic heterocycles. The van der Waals surface area contributed by atoms with E-state index in [0.29, 0.717) is 13.1 Å². The molecule has 1 unspecified atom stereocenters. The van der Waals surface area contributed by atoms with Crippen molar-refractivity contribution in [2.24, 2.45) is 5.41 Å². The van der Waals surface area contributed by atoms with Crippen molar-refractivity contribution in [3.63, 3.8) is 0 Å². The number of carbonyl (C=O) groups is 2. The fourth-order valence-corrected chi connectivity index (χ4v) is 5.09. The molecule has 6 nitrogen and oxygen atoms in total. The molecule has 0 radical (unpaired) electrons. The third-order valence-corrected chi connectivity index (χ3v) is 6.61. The van der Waals surface area contributed by atoms with E-state index in [0.717, 1.165) is 45.4 Å². The lowest BCUT2D eigenvalue weighted by Gasteiger charge is -2.40. The molecule has 1 atom stereocenters. The first-order valence-electron chi connectivity index (χ1n) is 9.77. The zero-order chi connectivity index (χ0) is 18.1. The minimum absolute atomic E-state index is 0.00589. The lowest BCUT2D eigenvalue weighted by Crippen LogP contribution is -2.48. The van der Waals surface area contributed by atoms with E-state index in [1.807, 2.05) is 16.7 Å². The summed E-state index contributed by atoms with van der Waals surface area (Å²) >= 11 is 0. The highest BCUT2D eigenvalue weighted by Crippen LogP contribution is 2.47. The van der Waals surface area contributed by atoms with Gasteiger partial charge in [-0.05, 0) is 57.5 Å². The van der Waals surface area contributed by atoms with E-state index < -0.39 is 5.54 Å². The molecule has 6 heteroatoms. The topological polar surface area (TPSA) is 64.1 Å². The van der Waals surface area contributed by atoms with Crippen LogP contribution < -0.4 is 0 Å². The van der Waals surface area contributed by atoms with E-state index in [9.17, 15) is 14.7 Å². The predicted octanol–water partition coefficient (Wildman–Crippen LogP) is 1.08. The van der Waals surface area contributed by atoms with E-state index in [2.05, 4.69) is 4.90 Å². The monoisotopic (exact) mass is 351 g/mol. The van der Waals surface area contributed by atoms with Crippen LogP contribution in [0.2, 0.25) is 0 Å². The van der Waals surface area contributed by atoms with Crippen LogP contribution in [-0.4, -0.2) is 83.0 Å². The molecule has 2 amide bonds. The van der Waals surface area contributed by atoms with Gasteiger partial charge in [-0.1, -0.05) is 6.42 Å². The molecule has 3 aliphatic rings. The Labute approximate surface area is 151 Å². The molecule has 0 bridgehead atoms. The Morgan fingerprint density at radius 3 is 2.20 bits per heavy atom. The van der Waals surface area contributed by atoms with E-state index in [1.54, 1.807) is 6.92 Å². The fraction of sp³-hybridized carbons (Fsp3) is 0.895. The zero-order valence-electron chi connectivity index (χ0n) is 15.8. The zero-order valence-corrected chi connectivity index (χ0v) is 15.8. The normalized spacial score (nSPS) is 30.0. The first kappa shape index (κ1) is 18.6. The van der Waals surface area contributed by atoms with Crippen molar-refractivity contribution in [1.82, 2.24) is 14.7 Å². The Kier molecular flexibility index (Phi) is 5.40. The minimum atomic E-state index is -0.453. The summed E-state index contributed by atoms with van der Waals surface area (Å²) < 4.78 is 0. The van der Waals surface area contributed by atoms with Crippen LogP contribution >= 0.6 is 0 Å². The first-order chi connectivity index (χ1) is 11.9. The quantitative estimate of drug-likeness (QED) is 0.827. The van der Waals surface area contributed by atoms with Crippen molar-refractivity contribution in [3.8, 4) is 0 Å². The van der Waals surface area contributed by atoms with Crippen LogP contribution in [0.15, 0.2) is 0 Å². The van der Waals surface area contributed by atoms with Gasteiger partial charge in [0.15, 0.2) is 0 Å². The van der Waals surface area contributed by atoms with Crippen molar-refractivity contribution in [2.45, 2.75) is 57.9 Å². The maximum absolute atomic E-state index is 12.6. The number of rotatable bonds is 3. The molecule has 142 valence electrons. The Morgan fingerprint density at radius 1 is 1.04 bits per heavy atom. The number of piperidine rings is 2. The van der Waals surface area contributed by atoms with E-state index in [1.165, 1.54) is 19.3 Å². The highest BCUT2D eigenvalue weighted by atomic mass is 16.3. The van der Waals surface area contributed by atoms with Gasteiger partial charge in [0.2, 0.25) is 11.8 Å². The van der Waals surface area contributed by atoms with E-state index >= 15 is 0 Å². The van der Waals surface area contributed by atoms with Crippen molar-refractivity contribution >= 4 is 11.8 Å². The molecular weight excluding hydrogens is 318 g/mol. The van der Waals surface area contributed by atoms with Crippen molar-refractivity contribution in [1.29, 1.82) is 0 Å². The molecule has 25 heavy (non-hydrogen) atoms. The molecule has 3 rings (SSSR count). The van der Waals surface area contributed by atoms with Crippen LogP contribution in [0.3, 0.4) is 0 Å².